The predicted molar refractivity (Wildman–Crippen MR) is 69.8 cm³/mol. The molecule has 1 aromatic carbocycles. The highest BCUT2D eigenvalue weighted by molar-refractivity contribution is 9.10. The fraction of sp³-hybridized carbons (Fsp3) is 0.538. The molecule has 0 bridgehead atoms. The number of nitrogens with zero attached hydrogens (tertiary/aromatic N) is 1. The Bertz CT molecular complexity index is 450. The molecule has 1 saturated heterocycles. The Labute approximate surface area is 118 Å². The number of halogens is 4. The van der Waals surface area contributed by atoms with Crippen molar-refractivity contribution < 1.29 is 17.9 Å². The van der Waals surface area contributed by atoms with Gasteiger partial charge in [-0.25, -0.2) is 0 Å². The number of likely N-dealkylation sites (tertiary alicyclic amines) is 1. The fourth-order valence-corrected chi connectivity index (χ4v) is 2.84. The smallest absolute Gasteiger partial charge is 0.380 e. The first kappa shape index (κ1) is 14.8. The first-order chi connectivity index (χ1) is 8.88. The number of methoxy groups -OCH3 is 1. The molecule has 2 rings (SSSR count). The first-order valence-corrected chi connectivity index (χ1v) is 6.79. The van der Waals surface area contributed by atoms with E-state index in [0.29, 0.717) is 16.6 Å². The number of hydrogen-bond donors (Lipinski definition) is 0. The van der Waals surface area contributed by atoms with Crippen LogP contribution in [0, 0.1) is 0 Å². The summed E-state index contributed by atoms with van der Waals surface area (Å²) in [7, 11) is 1.66. The van der Waals surface area contributed by atoms with Crippen molar-refractivity contribution in [1.82, 2.24) is 4.90 Å². The molecule has 0 saturated carbocycles. The van der Waals surface area contributed by atoms with Crippen LogP contribution in [0.2, 0.25) is 0 Å². The van der Waals surface area contributed by atoms with Crippen LogP contribution in [-0.2, 0) is 17.5 Å². The van der Waals surface area contributed by atoms with Crippen molar-refractivity contribution in [3.63, 3.8) is 0 Å². The molecule has 6 heteroatoms. The average Bonchev–Trinajstić information content (AvgIpc) is 2.75. The quantitative estimate of drug-likeness (QED) is 0.834. The zero-order valence-electron chi connectivity index (χ0n) is 10.5. The number of hydrogen-bond acceptors (Lipinski definition) is 2. The van der Waals surface area contributed by atoms with Crippen LogP contribution in [0.4, 0.5) is 13.2 Å². The minimum Gasteiger partial charge on any atom is -0.380 e. The summed E-state index contributed by atoms with van der Waals surface area (Å²) in [6.07, 6.45) is -3.19. The van der Waals surface area contributed by atoms with Gasteiger partial charge in [-0.1, -0.05) is 15.9 Å². The second kappa shape index (κ2) is 5.81. The summed E-state index contributed by atoms with van der Waals surface area (Å²) in [6, 6.07) is 4.05. The van der Waals surface area contributed by atoms with Gasteiger partial charge in [-0.2, -0.15) is 13.2 Å². The molecule has 19 heavy (non-hydrogen) atoms. The van der Waals surface area contributed by atoms with Crippen molar-refractivity contribution >= 4 is 15.9 Å². The van der Waals surface area contributed by atoms with Crippen LogP contribution in [0.3, 0.4) is 0 Å². The van der Waals surface area contributed by atoms with Crippen molar-refractivity contribution in [2.45, 2.75) is 25.2 Å². The third kappa shape index (κ3) is 3.94. The maximum Gasteiger partial charge on any atom is 0.416 e. The van der Waals surface area contributed by atoms with E-state index in [1.807, 2.05) is 0 Å². The normalized spacial score (nSPS) is 21.0. The van der Waals surface area contributed by atoms with E-state index in [9.17, 15) is 13.2 Å². The molecule has 2 nitrogen and oxygen atoms in total. The van der Waals surface area contributed by atoms with Crippen LogP contribution >= 0.6 is 15.9 Å². The monoisotopic (exact) mass is 337 g/mol. The third-order valence-electron chi connectivity index (χ3n) is 3.25. The summed E-state index contributed by atoms with van der Waals surface area (Å²) >= 11 is 3.14. The van der Waals surface area contributed by atoms with Crippen LogP contribution in [0.5, 0.6) is 0 Å². The van der Waals surface area contributed by atoms with Crippen molar-refractivity contribution in [3.05, 3.63) is 33.8 Å². The number of rotatable bonds is 3. The Morgan fingerprint density at radius 2 is 2.11 bits per heavy atom. The van der Waals surface area contributed by atoms with Gasteiger partial charge in [-0.05, 0) is 30.2 Å². The van der Waals surface area contributed by atoms with E-state index in [4.69, 9.17) is 4.74 Å². The Morgan fingerprint density at radius 1 is 1.37 bits per heavy atom. The Balaban J connectivity index is 2.11. The van der Waals surface area contributed by atoms with Gasteiger partial charge in [0.25, 0.3) is 0 Å². The Morgan fingerprint density at radius 3 is 2.68 bits per heavy atom. The zero-order chi connectivity index (χ0) is 14.0. The standard InChI is InChI=1S/C13H15BrF3NO/c1-19-12-2-3-18(8-12)7-9-4-10(13(15,16)17)6-11(14)5-9/h4-6,12H,2-3,7-8H2,1H3/t12-/m0/s1. The highest BCUT2D eigenvalue weighted by Crippen LogP contribution is 2.32. The molecular weight excluding hydrogens is 323 g/mol. The van der Waals surface area contributed by atoms with Crippen molar-refractivity contribution in [2.75, 3.05) is 20.2 Å². The van der Waals surface area contributed by atoms with Crippen LogP contribution in [0.25, 0.3) is 0 Å². The molecule has 1 fully saturated rings. The largest absolute Gasteiger partial charge is 0.416 e. The van der Waals surface area contributed by atoms with Gasteiger partial charge in [0.15, 0.2) is 0 Å². The summed E-state index contributed by atoms with van der Waals surface area (Å²) in [5, 5.41) is 0. The highest BCUT2D eigenvalue weighted by Gasteiger charge is 2.31. The van der Waals surface area contributed by atoms with Gasteiger partial charge in [-0.15, -0.1) is 0 Å². The van der Waals surface area contributed by atoms with E-state index in [2.05, 4.69) is 20.8 Å². The van der Waals surface area contributed by atoms with E-state index in [0.717, 1.165) is 25.6 Å². The highest BCUT2D eigenvalue weighted by atomic mass is 79.9. The lowest BCUT2D eigenvalue weighted by Gasteiger charge is -2.17. The van der Waals surface area contributed by atoms with Crippen LogP contribution in [0.1, 0.15) is 17.5 Å². The molecule has 0 unspecified atom stereocenters. The van der Waals surface area contributed by atoms with Crippen molar-refractivity contribution in [3.8, 4) is 0 Å². The van der Waals surface area contributed by atoms with E-state index >= 15 is 0 Å². The van der Waals surface area contributed by atoms with Crippen LogP contribution < -0.4 is 0 Å². The lowest BCUT2D eigenvalue weighted by molar-refractivity contribution is -0.137. The van der Waals surface area contributed by atoms with Gasteiger partial charge in [0, 0.05) is 31.2 Å². The van der Waals surface area contributed by atoms with Gasteiger partial charge >= 0.3 is 6.18 Å². The predicted octanol–water partition coefficient (Wildman–Crippen LogP) is 3.69. The molecule has 0 aromatic heterocycles. The van der Waals surface area contributed by atoms with Gasteiger partial charge in [-0.3, -0.25) is 4.90 Å². The molecule has 0 aliphatic carbocycles. The second-order valence-electron chi connectivity index (χ2n) is 4.73. The third-order valence-corrected chi connectivity index (χ3v) is 3.71. The summed E-state index contributed by atoms with van der Waals surface area (Å²) in [4.78, 5) is 2.11. The van der Waals surface area contributed by atoms with Crippen LogP contribution in [0.15, 0.2) is 22.7 Å². The summed E-state index contributed by atoms with van der Waals surface area (Å²) in [5.41, 5.74) is 0.0535. The molecular formula is C13H15BrF3NO. The molecule has 0 N–H and O–H groups in total. The maximum atomic E-state index is 12.7. The number of ether oxygens (including phenoxy) is 1. The molecule has 1 aliphatic rings. The van der Waals surface area contributed by atoms with Gasteiger partial charge in [0.05, 0.1) is 11.7 Å². The fourth-order valence-electron chi connectivity index (χ4n) is 2.30. The second-order valence-corrected chi connectivity index (χ2v) is 5.64. The molecule has 106 valence electrons. The Kier molecular flexibility index (Phi) is 4.53. The summed E-state index contributed by atoms with van der Waals surface area (Å²) < 4.78 is 43.9. The van der Waals surface area contributed by atoms with E-state index in [1.54, 1.807) is 13.2 Å². The van der Waals surface area contributed by atoms with E-state index in [1.165, 1.54) is 6.07 Å². The topological polar surface area (TPSA) is 12.5 Å². The number of benzene rings is 1. The molecule has 0 radical (unpaired) electrons. The molecule has 1 aromatic rings. The molecule has 1 atom stereocenters. The minimum atomic E-state index is -4.31. The number of alkyl halides is 3. The van der Waals surface area contributed by atoms with Crippen molar-refractivity contribution in [1.29, 1.82) is 0 Å². The SMILES string of the molecule is CO[C@H]1CCN(Cc2cc(Br)cc(C(F)(F)F)c2)C1. The van der Waals surface area contributed by atoms with Gasteiger partial charge in [0.1, 0.15) is 0 Å². The van der Waals surface area contributed by atoms with Gasteiger partial charge < -0.3 is 4.74 Å². The molecule has 1 heterocycles. The molecule has 1 aliphatic heterocycles. The maximum absolute atomic E-state index is 12.7. The summed E-state index contributed by atoms with van der Waals surface area (Å²) in [6.45, 7) is 2.14. The molecule has 0 spiro atoms. The van der Waals surface area contributed by atoms with Crippen molar-refractivity contribution in [2.24, 2.45) is 0 Å². The Hall–Kier alpha value is -0.590. The zero-order valence-corrected chi connectivity index (χ0v) is 12.1. The first-order valence-electron chi connectivity index (χ1n) is 6.00. The lowest BCUT2D eigenvalue weighted by atomic mass is 10.1. The molecule has 0 amide bonds. The van der Waals surface area contributed by atoms with Crippen LogP contribution in [-0.4, -0.2) is 31.2 Å². The average molecular weight is 338 g/mol. The lowest BCUT2D eigenvalue weighted by Crippen LogP contribution is -2.22. The van der Waals surface area contributed by atoms with E-state index in [-0.39, 0.29) is 6.10 Å². The van der Waals surface area contributed by atoms with E-state index < -0.39 is 11.7 Å². The van der Waals surface area contributed by atoms with Gasteiger partial charge in [0.2, 0.25) is 0 Å². The minimum absolute atomic E-state index is 0.189. The summed E-state index contributed by atoms with van der Waals surface area (Å²) in [5.74, 6) is 0.